The van der Waals surface area contributed by atoms with Crippen molar-refractivity contribution < 1.29 is 0 Å². The number of fused-ring (bicyclic) bond motifs is 2. The lowest BCUT2D eigenvalue weighted by Gasteiger charge is -2.22. The first-order chi connectivity index (χ1) is 41.6. The van der Waals surface area contributed by atoms with E-state index in [-0.39, 0.29) is 0 Å². The fourth-order valence-corrected chi connectivity index (χ4v) is 13.1. The molecule has 0 unspecified atom stereocenters. The molecule has 0 atom stereocenters. The van der Waals surface area contributed by atoms with Gasteiger partial charge in [0.05, 0.1) is 0 Å². The average Bonchev–Trinajstić information content (AvgIpc) is 1.88. The first-order valence-electron chi connectivity index (χ1n) is 29.1. The van der Waals surface area contributed by atoms with Crippen LogP contribution in [0.25, 0.3) is 165 Å². The maximum absolute atomic E-state index is 2.48. The first kappa shape index (κ1) is 48.9. The highest BCUT2D eigenvalue weighted by molar-refractivity contribution is 6.32. The van der Waals surface area contributed by atoms with Gasteiger partial charge in [-0.25, -0.2) is 0 Å². The lowest BCUT2D eigenvalue weighted by Crippen LogP contribution is -1.95. The first-order valence-corrected chi connectivity index (χ1v) is 29.1. The largest absolute Gasteiger partial charge is 0.0622 e. The molecule has 16 aromatic rings. The van der Waals surface area contributed by atoms with Gasteiger partial charge in [0.15, 0.2) is 0 Å². The van der Waals surface area contributed by atoms with Crippen LogP contribution in [-0.4, -0.2) is 0 Å². The van der Waals surface area contributed by atoms with E-state index in [1.54, 1.807) is 0 Å². The lowest BCUT2D eigenvalue weighted by atomic mass is 9.81. The van der Waals surface area contributed by atoms with Gasteiger partial charge in [0.2, 0.25) is 0 Å². The molecule has 0 heteroatoms. The van der Waals surface area contributed by atoms with Crippen LogP contribution in [0.1, 0.15) is 0 Å². The maximum atomic E-state index is 2.48. The van der Waals surface area contributed by atoms with Gasteiger partial charge in [-0.15, -0.1) is 0 Å². The second-order valence-electron chi connectivity index (χ2n) is 22.4. The van der Waals surface area contributed by atoms with Gasteiger partial charge >= 0.3 is 0 Å². The summed E-state index contributed by atoms with van der Waals surface area (Å²) in [6.07, 6.45) is 0. The van der Waals surface area contributed by atoms with E-state index in [2.05, 4.69) is 328 Å². The van der Waals surface area contributed by atoms with Crippen molar-refractivity contribution in [3.05, 3.63) is 328 Å². The number of benzene rings is 16. The molecule has 0 nitrogen and oxygen atoms in total. The van der Waals surface area contributed by atoms with Gasteiger partial charge in [0.1, 0.15) is 0 Å². The molecule has 0 amide bonds. The predicted octanol–water partition coefficient (Wildman–Crippen LogP) is 23.6. The summed E-state index contributed by atoms with van der Waals surface area (Å²) >= 11 is 0. The van der Waals surface area contributed by atoms with Gasteiger partial charge in [-0.3, -0.25) is 0 Å². The lowest BCUT2D eigenvalue weighted by molar-refractivity contribution is 1.57. The monoisotopic (exact) mass is 1060 g/mol. The molecule has 0 aliphatic heterocycles. The zero-order valence-corrected chi connectivity index (χ0v) is 46.2. The van der Waals surface area contributed by atoms with Crippen molar-refractivity contribution in [2.24, 2.45) is 0 Å². The van der Waals surface area contributed by atoms with Crippen LogP contribution in [0.4, 0.5) is 0 Å². The molecule has 0 aliphatic rings. The van der Waals surface area contributed by atoms with E-state index in [9.17, 15) is 0 Å². The number of hydrogen-bond donors (Lipinski definition) is 0. The summed E-state index contributed by atoms with van der Waals surface area (Å²) in [6, 6.07) is 122. The van der Waals surface area contributed by atoms with Crippen molar-refractivity contribution in [3.8, 4) is 111 Å². The van der Waals surface area contributed by atoms with Crippen LogP contribution < -0.4 is 0 Å². The van der Waals surface area contributed by atoms with E-state index < -0.39 is 0 Å². The third kappa shape index (κ3) is 8.81. The Labute approximate surface area is 489 Å². The Morgan fingerprint density at radius 3 is 0.679 bits per heavy atom. The summed E-state index contributed by atoms with van der Waals surface area (Å²) in [5, 5.41) is 12.4. The molecule has 0 spiro atoms. The minimum absolute atomic E-state index is 1.18. The van der Waals surface area contributed by atoms with Crippen LogP contribution in [0.3, 0.4) is 0 Å². The van der Waals surface area contributed by atoms with Crippen molar-refractivity contribution in [3.63, 3.8) is 0 Å². The maximum Gasteiger partial charge on any atom is -0.00139 e. The quantitative estimate of drug-likeness (QED) is 0.120. The van der Waals surface area contributed by atoms with Crippen molar-refractivity contribution in [1.82, 2.24) is 0 Å². The van der Waals surface area contributed by atoms with Gasteiger partial charge in [0, 0.05) is 0 Å². The number of hydrogen-bond acceptors (Lipinski definition) is 0. The Morgan fingerprint density at radius 2 is 0.357 bits per heavy atom. The molecular formula is C84H54. The van der Waals surface area contributed by atoms with Crippen LogP contribution >= 0.6 is 0 Å². The molecule has 0 heterocycles. The Morgan fingerprint density at radius 1 is 0.119 bits per heavy atom. The Kier molecular flexibility index (Phi) is 12.0. The minimum atomic E-state index is 1.18. The zero-order chi connectivity index (χ0) is 55.5. The van der Waals surface area contributed by atoms with Gasteiger partial charge in [-0.1, -0.05) is 267 Å². The second-order valence-corrected chi connectivity index (χ2v) is 22.4. The van der Waals surface area contributed by atoms with Crippen LogP contribution in [0.2, 0.25) is 0 Å². The average molecular weight is 1060 g/mol. The molecular weight excluding hydrogens is 1010 g/mol. The molecule has 0 aliphatic carbocycles. The molecule has 0 N–H and O–H groups in total. The minimum Gasteiger partial charge on any atom is -0.0622 e. The van der Waals surface area contributed by atoms with E-state index in [0.29, 0.717) is 0 Å². The predicted molar refractivity (Wildman–Crippen MR) is 360 cm³/mol. The Hall–Kier alpha value is -10.9. The van der Waals surface area contributed by atoms with Gasteiger partial charge in [-0.2, -0.15) is 0 Å². The summed E-state index contributed by atoms with van der Waals surface area (Å²) in [4.78, 5) is 0. The highest BCUT2D eigenvalue weighted by Gasteiger charge is 2.23. The van der Waals surface area contributed by atoms with Crippen LogP contribution in [-0.2, 0) is 0 Å². The zero-order valence-electron chi connectivity index (χ0n) is 46.2. The number of rotatable bonds is 10. The smallest absolute Gasteiger partial charge is 0.00139 e. The molecule has 0 aromatic heterocycles. The molecule has 0 fully saturated rings. The van der Waals surface area contributed by atoms with Crippen molar-refractivity contribution >= 4 is 53.9 Å². The molecule has 16 aromatic carbocycles. The van der Waals surface area contributed by atoms with Crippen molar-refractivity contribution in [2.45, 2.75) is 0 Å². The second kappa shape index (κ2) is 20.6. The Balaban J connectivity index is 0.982. The topological polar surface area (TPSA) is 0 Å². The summed E-state index contributed by atoms with van der Waals surface area (Å²) in [5.41, 5.74) is 23.8. The third-order valence-electron chi connectivity index (χ3n) is 17.4. The van der Waals surface area contributed by atoms with Crippen LogP contribution in [0.5, 0.6) is 0 Å². The summed E-state index contributed by atoms with van der Waals surface area (Å²) < 4.78 is 0. The van der Waals surface area contributed by atoms with E-state index in [1.807, 2.05) is 0 Å². The van der Waals surface area contributed by atoms with Crippen LogP contribution in [0, 0.1) is 0 Å². The summed E-state index contributed by atoms with van der Waals surface area (Å²) in [6.45, 7) is 0. The molecule has 84 heavy (non-hydrogen) atoms. The van der Waals surface area contributed by atoms with Gasteiger partial charge in [0.25, 0.3) is 0 Å². The molecule has 16 rings (SSSR count). The molecule has 0 radical (unpaired) electrons. The summed E-state index contributed by atoms with van der Waals surface area (Å²) in [7, 11) is 0. The third-order valence-corrected chi connectivity index (χ3v) is 17.4. The Bertz CT molecular complexity index is 4670. The fourth-order valence-electron chi connectivity index (χ4n) is 13.1. The van der Waals surface area contributed by atoms with E-state index >= 15 is 0 Å². The van der Waals surface area contributed by atoms with Gasteiger partial charge < -0.3 is 0 Å². The van der Waals surface area contributed by atoms with Gasteiger partial charge in [-0.05, 0) is 226 Å². The van der Waals surface area contributed by atoms with E-state index in [4.69, 9.17) is 0 Å². The molecule has 0 saturated carbocycles. The standard InChI is InChI=1S/C84H54/c1-5-17-55(18-6-1)69-47-70(56-19-7-2-8-20-56)50-73(49-69)81-53-79(63-35-29-61(30-36-63)67-39-33-59-25-13-15-27-65(59)45-67)75-42-44-78-82(74-51-71(57-21-9-3-10-22-57)48-72(52-74)58-23-11-4-12-24-58)54-80(76-41-43-77(81)83(75)84(76)78)64-37-31-62(32-38-64)68-40-34-60-26-14-16-28-66(60)46-68/h1-54H. The SMILES string of the molecule is c1ccc(-c2cc(-c3ccccc3)cc(-c3cc(-c4ccc(-c5ccc6ccccc6c5)cc4)c4ccc5c(-c6cc(-c7ccccc7)cc(-c7ccccc7)c6)cc(-c6ccc(-c7ccc8ccccc8c7)cc6)c6ccc3c4c65)c2)cc1. The van der Waals surface area contributed by atoms with E-state index in [1.165, 1.54) is 165 Å². The summed E-state index contributed by atoms with van der Waals surface area (Å²) in [5.74, 6) is 0. The highest BCUT2D eigenvalue weighted by Crippen LogP contribution is 2.50. The fraction of sp³-hybridized carbons (Fsp3) is 0. The molecule has 0 bridgehead atoms. The molecule has 0 saturated heterocycles. The van der Waals surface area contributed by atoms with E-state index in [0.717, 1.165) is 0 Å². The van der Waals surface area contributed by atoms with Crippen molar-refractivity contribution in [2.75, 3.05) is 0 Å². The normalized spacial score (nSPS) is 11.6. The van der Waals surface area contributed by atoms with Crippen molar-refractivity contribution in [1.29, 1.82) is 0 Å². The van der Waals surface area contributed by atoms with Crippen LogP contribution in [0.15, 0.2) is 328 Å². The highest BCUT2D eigenvalue weighted by atomic mass is 14.3. The molecule has 390 valence electrons.